The first-order valence-electron chi connectivity index (χ1n) is 9.06. The average molecular weight is 340 g/mol. The van der Waals surface area contributed by atoms with E-state index < -0.39 is 0 Å². The third-order valence-electron chi connectivity index (χ3n) is 5.04. The van der Waals surface area contributed by atoms with E-state index in [0.717, 1.165) is 43.9 Å². The van der Waals surface area contributed by atoms with Gasteiger partial charge in [-0.15, -0.1) is 11.3 Å². The van der Waals surface area contributed by atoms with Gasteiger partial charge in [0.25, 0.3) is 5.91 Å². The molecular formula is C20H24N2OS. The molecule has 3 heterocycles. The van der Waals surface area contributed by atoms with Crippen molar-refractivity contribution in [1.82, 2.24) is 4.90 Å². The van der Waals surface area contributed by atoms with Crippen molar-refractivity contribution in [2.24, 2.45) is 0 Å². The Labute approximate surface area is 147 Å². The Hall–Kier alpha value is -1.81. The number of nitrogens with zero attached hydrogens (tertiary/aromatic N) is 2. The first kappa shape index (κ1) is 15.7. The molecule has 1 amide bonds. The van der Waals surface area contributed by atoms with E-state index in [-0.39, 0.29) is 5.91 Å². The van der Waals surface area contributed by atoms with E-state index in [4.69, 9.17) is 0 Å². The Morgan fingerprint density at radius 2 is 1.54 bits per heavy atom. The Morgan fingerprint density at radius 3 is 2.25 bits per heavy atom. The number of carbonyl (C=O) groups excluding carboxylic acids is 1. The molecule has 2 fully saturated rings. The summed E-state index contributed by atoms with van der Waals surface area (Å²) in [4.78, 5) is 18.3. The maximum absolute atomic E-state index is 12.9. The second-order valence-corrected chi connectivity index (χ2v) is 7.77. The molecule has 1 aromatic heterocycles. The van der Waals surface area contributed by atoms with Crippen LogP contribution in [0.15, 0.2) is 36.4 Å². The van der Waals surface area contributed by atoms with Gasteiger partial charge in [0, 0.05) is 31.7 Å². The van der Waals surface area contributed by atoms with Gasteiger partial charge < -0.3 is 9.80 Å². The molecule has 0 atom stereocenters. The molecule has 0 radical (unpaired) electrons. The number of hydrogen-bond acceptors (Lipinski definition) is 3. The first-order chi connectivity index (χ1) is 11.8. The number of anilines is 1. The van der Waals surface area contributed by atoms with Crippen LogP contribution in [0, 0.1) is 0 Å². The standard InChI is InChI=1S/C20H24N2OS/c23-19(21-11-5-2-6-12-21)18-15-17(16-9-3-1-4-10-16)20(24-18)22-13-7-8-14-22/h1,3-4,9-10,15H,2,5-8,11-14H2. The molecule has 0 spiro atoms. The number of carbonyl (C=O) groups is 1. The molecule has 126 valence electrons. The summed E-state index contributed by atoms with van der Waals surface area (Å²) in [7, 11) is 0. The van der Waals surface area contributed by atoms with Crippen LogP contribution in [0.1, 0.15) is 41.8 Å². The maximum Gasteiger partial charge on any atom is 0.264 e. The molecule has 2 aliphatic rings. The second kappa shape index (κ2) is 6.98. The van der Waals surface area contributed by atoms with Crippen LogP contribution >= 0.6 is 11.3 Å². The van der Waals surface area contributed by atoms with E-state index in [1.165, 1.54) is 35.4 Å². The van der Waals surface area contributed by atoms with E-state index >= 15 is 0 Å². The highest BCUT2D eigenvalue weighted by Crippen LogP contribution is 2.40. The molecule has 0 bridgehead atoms. The molecule has 24 heavy (non-hydrogen) atoms. The zero-order valence-corrected chi connectivity index (χ0v) is 14.9. The molecule has 4 heteroatoms. The molecule has 0 unspecified atom stereocenters. The maximum atomic E-state index is 12.9. The molecule has 1 aromatic carbocycles. The zero-order chi connectivity index (χ0) is 16.4. The quantitative estimate of drug-likeness (QED) is 0.812. The van der Waals surface area contributed by atoms with Crippen LogP contribution in [0.3, 0.4) is 0 Å². The molecule has 2 aliphatic heterocycles. The summed E-state index contributed by atoms with van der Waals surface area (Å²) >= 11 is 1.69. The van der Waals surface area contributed by atoms with Crippen LogP contribution in [0.4, 0.5) is 5.00 Å². The van der Waals surface area contributed by atoms with Gasteiger partial charge >= 0.3 is 0 Å². The summed E-state index contributed by atoms with van der Waals surface area (Å²) in [6, 6.07) is 12.6. The third-order valence-corrected chi connectivity index (χ3v) is 6.23. The van der Waals surface area contributed by atoms with Crippen LogP contribution in [-0.2, 0) is 0 Å². The van der Waals surface area contributed by atoms with Gasteiger partial charge in [-0.05, 0) is 43.7 Å². The van der Waals surface area contributed by atoms with Crippen molar-refractivity contribution in [3.8, 4) is 11.1 Å². The third kappa shape index (κ3) is 3.07. The van der Waals surface area contributed by atoms with Gasteiger partial charge in [-0.3, -0.25) is 4.79 Å². The zero-order valence-electron chi connectivity index (χ0n) is 14.0. The Bertz CT molecular complexity index is 698. The minimum atomic E-state index is 0.224. The van der Waals surface area contributed by atoms with Crippen molar-refractivity contribution < 1.29 is 4.79 Å². The van der Waals surface area contributed by atoms with Crippen molar-refractivity contribution >= 4 is 22.2 Å². The van der Waals surface area contributed by atoms with E-state index in [0.29, 0.717) is 0 Å². The fraction of sp³-hybridized carbons (Fsp3) is 0.450. The SMILES string of the molecule is O=C(c1cc(-c2ccccc2)c(N2CCCC2)s1)N1CCCCC1. The van der Waals surface area contributed by atoms with Gasteiger partial charge in [0.05, 0.1) is 9.88 Å². The summed E-state index contributed by atoms with van der Waals surface area (Å²) in [6.45, 7) is 4.04. The number of hydrogen-bond donors (Lipinski definition) is 0. The Balaban J connectivity index is 1.69. The summed E-state index contributed by atoms with van der Waals surface area (Å²) < 4.78 is 0. The van der Waals surface area contributed by atoms with Crippen LogP contribution < -0.4 is 4.90 Å². The van der Waals surface area contributed by atoms with Crippen LogP contribution in [0.5, 0.6) is 0 Å². The van der Waals surface area contributed by atoms with Crippen LogP contribution in [0.25, 0.3) is 11.1 Å². The molecule has 0 saturated carbocycles. The fourth-order valence-corrected chi connectivity index (χ4v) is 4.92. The van der Waals surface area contributed by atoms with Gasteiger partial charge in [0.15, 0.2) is 0 Å². The lowest BCUT2D eigenvalue weighted by Gasteiger charge is -2.26. The van der Waals surface area contributed by atoms with Crippen molar-refractivity contribution in [3.05, 3.63) is 41.3 Å². The molecule has 0 aliphatic carbocycles. The van der Waals surface area contributed by atoms with Crippen LogP contribution in [-0.4, -0.2) is 37.0 Å². The first-order valence-corrected chi connectivity index (χ1v) is 9.88. The normalized spacial score (nSPS) is 18.2. The lowest BCUT2D eigenvalue weighted by atomic mass is 10.1. The van der Waals surface area contributed by atoms with Gasteiger partial charge in [-0.2, -0.15) is 0 Å². The van der Waals surface area contributed by atoms with E-state index in [1.807, 2.05) is 11.0 Å². The number of benzene rings is 1. The van der Waals surface area contributed by atoms with E-state index in [1.54, 1.807) is 11.3 Å². The number of thiophene rings is 1. The fourth-order valence-electron chi connectivity index (χ4n) is 3.72. The summed E-state index contributed by atoms with van der Waals surface area (Å²) in [5.41, 5.74) is 2.44. The van der Waals surface area contributed by atoms with Crippen LogP contribution in [0.2, 0.25) is 0 Å². The van der Waals surface area contributed by atoms with E-state index in [2.05, 4.69) is 35.2 Å². The van der Waals surface area contributed by atoms with Crippen molar-refractivity contribution in [2.45, 2.75) is 32.1 Å². The predicted octanol–water partition coefficient (Wildman–Crippen LogP) is 4.64. The van der Waals surface area contributed by atoms with Gasteiger partial charge in [-0.25, -0.2) is 0 Å². The minimum Gasteiger partial charge on any atom is -0.363 e. The molecule has 2 saturated heterocycles. The van der Waals surface area contributed by atoms with Gasteiger partial charge in [0.2, 0.25) is 0 Å². The van der Waals surface area contributed by atoms with Crippen molar-refractivity contribution in [3.63, 3.8) is 0 Å². The molecule has 0 N–H and O–H groups in total. The molecule has 4 rings (SSSR count). The summed E-state index contributed by atoms with van der Waals surface area (Å²) in [5.74, 6) is 0.224. The smallest absolute Gasteiger partial charge is 0.264 e. The number of amides is 1. The highest BCUT2D eigenvalue weighted by Gasteiger charge is 2.25. The number of rotatable bonds is 3. The Kier molecular flexibility index (Phi) is 4.56. The van der Waals surface area contributed by atoms with Gasteiger partial charge in [-0.1, -0.05) is 30.3 Å². The molecule has 2 aromatic rings. The lowest BCUT2D eigenvalue weighted by Crippen LogP contribution is -2.35. The van der Waals surface area contributed by atoms with Crippen molar-refractivity contribution in [1.29, 1.82) is 0 Å². The number of piperidine rings is 1. The summed E-state index contributed by atoms with van der Waals surface area (Å²) in [5, 5.41) is 1.28. The largest absolute Gasteiger partial charge is 0.363 e. The second-order valence-electron chi connectivity index (χ2n) is 6.74. The average Bonchev–Trinajstić information content (AvgIpc) is 3.32. The molecular weight excluding hydrogens is 316 g/mol. The Morgan fingerprint density at radius 1 is 0.875 bits per heavy atom. The minimum absolute atomic E-state index is 0.224. The predicted molar refractivity (Wildman–Crippen MR) is 101 cm³/mol. The van der Waals surface area contributed by atoms with E-state index in [9.17, 15) is 4.79 Å². The van der Waals surface area contributed by atoms with Crippen molar-refractivity contribution in [2.75, 3.05) is 31.1 Å². The topological polar surface area (TPSA) is 23.6 Å². The van der Waals surface area contributed by atoms with Gasteiger partial charge in [0.1, 0.15) is 0 Å². The highest BCUT2D eigenvalue weighted by molar-refractivity contribution is 7.18. The highest BCUT2D eigenvalue weighted by atomic mass is 32.1. The monoisotopic (exact) mass is 340 g/mol. The lowest BCUT2D eigenvalue weighted by molar-refractivity contribution is 0.0729. The summed E-state index contributed by atoms with van der Waals surface area (Å²) in [6.07, 6.45) is 6.04. The number of likely N-dealkylation sites (tertiary alicyclic amines) is 1. The molecule has 3 nitrogen and oxygen atoms in total.